The average Bonchev–Trinajstić information content (AvgIpc) is 2.89. The Labute approximate surface area is 106 Å². The number of oxazole rings is 1. The van der Waals surface area contributed by atoms with Crippen LogP contribution in [-0.4, -0.2) is 17.2 Å². The van der Waals surface area contributed by atoms with Crippen molar-refractivity contribution >= 4 is 0 Å². The molecule has 1 aromatic heterocycles. The zero-order chi connectivity index (χ0) is 12.8. The highest BCUT2D eigenvalue weighted by Crippen LogP contribution is 2.26. The standard InChI is InChI=1S/C14H17NO3/c1-17-14-8-11(6-7-13(14)16)4-2-3-5-12-9-18-10-15-12/h6-10,16H,2-5H2,1H3. The molecule has 2 aromatic rings. The third-order valence-electron chi connectivity index (χ3n) is 2.88. The summed E-state index contributed by atoms with van der Waals surface area (Å²) in [5, 5.41) is 9.49. The van der Waals surface area contributed by atoms with Crippen LogP contribution in [0.5, 0.6) is 11.5 Å². The zero-order valence-electron chi connectivity index (χ0n) is 10.4. The van der Waals surface area contributed by atoms with Gasteiger partial charge in [0.2, 0.25) is 0 Å². The fourth-order valence-corrected chi connectivity index (χ4v) is 1.87. The number of ether oxygens (including phenoxy) is 1. The first-order valence-corrected chi connectivity index (χ1v) is 6.02. The molecule has 1 heterocycles. The predicted molar refractivity (Wildman–Crippen MR) is 67.8 cm³/mol. The van der Waals surface area contributed by atoms with Crippen LogP contribution in [0.1, 0.15) is 24.1 Å². The molecule has 0 atom stereocenters. The Hall–Kier alpha value is -1.97. The lowest BCUT2D eigenvalue weighted by Crippen LogP contribution is -1.91. The molecule has 0 aliphatic heterocycles. The molecule has 0 spiro atoms. The van der Waals surface area contributed by atoms with E-state index in [1.165, 1.54) is 12.0 Å². The van der Waals surface area contributed by atoms with Crippen LogP contribution < -0.4 is 4.74 Å². The molecule has 0 bridgehead atoms. The highest BCUT2D eigenvalue weighted by molar-refractivity contribution is 5.41. The molecule has 0 amide bonds. The Morgan fingerprint density at radius 1 is 1.28 bits per heavy atom. The van der Waals surface area contributed by atoms with Gasteiger partial charge in [-0.3, -0.25) is 0 Å². The van der Waals surface area contributed by atoms with Gasteiger partial charge in [-0.25, -0.2) is 4.98 Å². The SMILES string of the molecule is COc1cc(CCCCc2cocn2)ccc1O. The molecule has 0 aliphatic carbocycles. The Morgan fingerprint density at radius 2 is 2.11 bits per heavy atom. The summed E-state index contributed by atoms with van der Waals surface area (Å²) < 4.78 is 10.00. The van der Waals surface area contributed by atoms with Crippen molar-refractivity contribution in [2.45, 2.75) is 25.7 Å². The van der Waals surface area contributed by atoms with Crippen LogP contribution in [0.15, 0.2) is 35.3 Å². The lowest BCUT2D eigenvalue weighted by Gasteiger charge is -2.06. The van der Waals surface area contributed by atoms with E-state index in [9.17, 15) is 5.11 Å². The second kappa shape index (κ2) is 6.10. The summed E-state index contributed by atoms with van der Waals surface area (Å²) >= 11 is 0. The molecule has 1 N–H and O–H groups in total. The highest BCUT2D eigenvalue weighted by atomic mass is 16.5. The number of aryl methyl sites for hydroxylation is 2. The second-order valence-electron chi connectivity index (χ2n) is 4.19. The van der Waals surface area contributed by atoms with Gasteiger partial charge in [-0.05, 0) is 43.4 Å². The van der Waals surface area contributed by atoms with E-state index in [1.54, 1.807) is 19.4 Å². The van der Waals surface area contributed by atoms with E-state index in [2.05, 4.69) is 4.98 Å². The summed E-state index contributed by atoms with van der Waals surface area (Å²) in [6.07, 6.45) is 7.18. The van der Waals surface area contributed by atoms with Crippen molar-refractivity contribution in [3.63, 3.8) is 0 Å². The molecule has 4 nitrogen and oxygen atoms in total. The second-order valence-corrected chi connectivity index (χ2v) is 4.19. The Bertz CT molecular complexity index is 480. The maximum absolute atomic E-state index is 9.49. The maximum atomic E-state index is 9.49. The van der Waals surface area contributed by atoms with Crippen molar-refractivity contribution in [3.8, 4) is 11.5 Å². The van der Waals surface area contributed by atoms with E-state index in [0.717, 1.165) is 31.4 Å². The molecule has 96 valence electrons. The van der Waals surface area contributed by atoms with Gasteiger partial charge in [0.05, 0.1) is 12.8 Å². The number of phenolic OH excluding ortho intramolecular Hbond substituents is 1. The molecule has 0 aliphatic rings. The molecule has 1 aromatic carbocycles. The van der Waals surface area contributed by atoms with Gasteiger partial charge in [0.15, 0.2) is 17.9 Å². The minimum Gasteiger partial charge on any atom is -0.504 e. The fourth-order valence-electron chi connectivity index (χ4n) is 1.87. The monoisotopic (exact) mass is 247 g/mol. The molecule has 2 rings (SSSR count). The zero-order valence-corrected chi connectivity index (χ0v) is 10.4. The minimum absolute atomic E-state index is 0.184. The first kappa shape index (κ1) is 12.5. The molecule has 0 saturated heterocycles. The average molecular weight is 247 g/mol. The van der Waals surface area contributed by atoms with Crippen molar-refractivity contribution in [1.82, 2.24) is 4.98 Å². The van der Waals surface area contributed by atoms with E-state index < -0.39 is 0 Å². The number of hydrogen-bond acceptors (Lipinski definition) is 4. The number of methoxy groups -OCH3 is 1. The van der Waals surface area contributed by atoms with Crippen LogP contribution >= 0.6 is 0 Å². The lowest BCUT2D eigenvalue weighted by atomic mass is 10.1. The van der Waals surface area contributed by atoms with Gasteiger partial charge in [-0.2, -0.15) is 0 Å². The smallest absolute Gasteiger partial charge is 0.180 e. The van der Waals surface area contributed by atoms with E-state index >= 15 is 0 Å². The number of aromatic hydroxyl groups is 1. The van der Waals surface area contributed by atoms with Gasteiger partial charge >= 0.3 is 0 Å². The van der Waals surface area contributed by atoms with Crippen LogP contribution in [0.25, 0.3) is 0 Å². The number of benzene rings is 1. The van der Waals surface area contributed by atoms with Gasteiger partial charge in [0, 0.05) is 0 Å². The third-order valence-corrected chi connectivity index (χ3v) is 2.88. The predicted octanol–water partition coefficient (Wildman–Crippen LogP) is 2.95. The van der Waals surface area contributed by atoms with Gasteiger partial charge in [0.25, 0.3) is 0 Å². The lowest BCUT2D eigenvalue weighted by molar-refractivity contribution is 0.373. The van der Waals surface area contributed by atoms with Gasteiger partial charge in [-0.1, -0.05) is 6.07 Å². The molecule has 0 radical (unpaired) electrons. The quantitative estimate of drug-likeness (QED) is 0.797. The van der Waals surface area contributed by atoms with Crippen molar-refractivity contribution in [2.75, 3.05) is 7.11 Å². The highest BCUT2D eigenvalue weighted by Gasteiger charge is 2.03. The Kier molecular flexibility index (Phi) is 4.23. The summed E-state index contributed by atoms with van der Waals surface area (Å²) in [6.45, 7) is 0. The number of nitrogens with zero attached hydrogens (tertiary/aromatic N) is 1. The van der Waals surface area contributed by atoms with Crippen molar-refractivity contribution in [2.24, 2.45) is 0 Å². The van der Waals surface area contributed by atoms with Crippen LogP contribution in [0.2, 0.25) is 0 Å². The maximum Gasteiger partial charge on any atom is 0.180 e. The van der Waals surface area contributed by atoms with Crippen LogP contribution in [0.4, 0.5) is 0 Å². The van der Waals surface area contributed by atoms with Crippen molar-refractivity contribution in [3.05, 3.63) is 42.1 Å². The number of aromatic nitrogens is 1. The summed E-state index contributed by atoms with van der Waals surface area (Å²) in [4.78, 5) is 4.08. The van der Waals surface area contributed by atoms with Gasteiger partial charge in [-0.15, -0.1) is 0 Å². The molecule has 18 heavy (non-hydrogen) atoms. The molecular formula is C14H17NO3. The molecule has 0 fully saturated rings. The van der Waals surface area contributed by atoms with Crippen LogP contribution in [-0.2, 0) is 12.8 Å². The van der Waals surface area contributed by atoms with Crippen LogP contribution in [0.3, 0.4) is 0 Å². The summed E-state index contributed by atoms with van der Waals surface area (Å²) in [7, 11) is 1.56. The minimum atomic E-state index is 0.184. The van der Waals surface area contributed by atoms with Crippen LogP contribution in [0, 0.1) is 0 Å². The van der Waals surface area contributed by atoms with Gasteiger partial charge in [0.1, 0.15) is 6.26 Å². The number of rotatable bonds is 6. The normalized spacial score (nSPS) is 10.5. The first-order chi connectivity index (χ1) is 8.79. The van der Waals surface area contributed by atoms with E-state index in [4.69, 9.17) is 9.15 Å². The molecule has 4 heteroatoms. The van der Waals surface area contributed by atoms with E-state index in [-0.39, 0.29) is 5.75 Å². The van der Waals surface area contributed by atoms with Crippen molar-refractivity contribution < 1.29 is 14.3 Å². The van der Waals surface area contributed by atoms with E-state index in [0.29, 0.717) is 5.75 Å². The summed E-state index contributed by atoms with van der Waals surface area (Å²) in [5.41, 5.74) is 2.17. The number of hydrogen-bond donors (Lipinski definition) is 1. The summed E-state index contributed by atoms with van der Waals surface area (Å²) in [6, 6.07) is 5.48. The first-order valence-electron chi connectivity index (χ1n) is 6.02. The number of unbranched alkanes of at least 4 members (excludes halogenated alkanes) is 1. The fraction of sp³-hybridized carbons (Fsp3) is 0.357. The summed E-state index contributed by atoms with van der Waals surface area (Å²) in [5.74, 6) is 0.716. The molecule has 0 saturated carbocycles. The Morgan fingerprint density at radius 3 is 2.83 bits per heavy atom. The third kappa shape index (κ3) is 3.26. The van der Waals surface area contributed by atoms with Gasteiger partial charge < -0.3 is 14.3 Å². The van der Waals surface area contributed by atoms with E-state index in [1.807, 2.05) is 12.1 Å². The van der Waals surface area contributed by atoms with Crippen molar-refractivity contribution in [1.29, 1.82) is 0 Å². The topological polar surface area (TPSA) is 55.5 Å². The Balaban J connectivity index is 1.79. The number of phenols is 1. The molecular weight excluding hydrogens is 230 g/mol. The molecule has 0 unspecified atom stereocenters. The largest absolute Gasteiger partial charge is 0.504 e.